The van der Waals surface area contributed by atoms with Gasteiger partial charge < -0.3 is 15.7 Å². The number of carbonyl (C=O) groups is 1. The van der Waals surface area contributed by atoms with E-state index < -0.39 is 17.3 Å². The molecule has 0 atom stereocenters. The molecule has 3 N–H and O–H groups in total. The highest BCUT2D eigenvalue weighted by Crippen LogP contribution is 2.44. The van der Waals surface area contributed by atoms with Crippen LogP contribution in [0.2, 0.25) is 0 Å². The molecule has 0 radical (unpaired) electrons. The van der Waals surface area contributed by atoms with Crippen molar-refractivity contribution in [2.45, 2.75) is 51.0 Å². The number of aromatic nitrogens is 1. The number of hydrogen-bond donors (Lipinski definition) is 2. The van der Waals surface area contributed by atoms with E-state index in [-0.39, 0.29) is 17.0 Å². The van der Waals surface area contributed by atoms with Gasteiger partial charge in [-0.2, -0.15) is 0 Å². The summed E-state index contributed by atoms with van der Waals surface area (Å²) in [5, 5.41) is 9.37. The van der Waals surface area contributed by atoms with Crippen molar-refractivity contribution in [3.8, 4) is 0 Å². The first-order valence-electron chi connectivity index (χ1n) is 9.35. The summed E-state index contributed by atoms with van der Waals surface area (Å²) in [4.78, 5) is 26.1. The Kier molecular flexibility index (Phi) is 4.03. The normalized spacial score (nSPS) is 19.5. The lowest BCUT2D eigenvalue weighted by Gasteiger charge is -2.39. The van der Waals surface area contributed by atoms with Gasteiger partial charge in [0, 0.05) is 18.6 Å². The zero-order valence-electron chi connectivity index (χ0n) is 15.6. The Morgan fingerprint density at radius 3 is 2.52 bits per heavy atom. The Bertz CT molecular complexity index is 998. The number of pyridine rings is 2. The van der Waals surface area contributed by atoms with Crippen LogP contribution in [0.25, 0.3) is 5.52 Å². The van der Waals surface area contributed by atoms with E-state index >= 15 is 4.39 Å². The van der Waals surface area contributed by atoms with Gasteiger partial charge in [-0.05, 0) is 62.6 Å². The van der Waals surface area contributed by atoms with Crippen LogP contribution in [0.4, 0.5) is 10.1 Å². The number of nitrogens with zero attached hydrogens (tertiary/aromatic N) is 2. The summed E-state index contributed by atoms with van der Waals surface area (Å²) in [5.74, 6) is -1.56. The number of halogens is 1. The molecule has 144 valence electrons. The van der Waals surface area contributed by atoms with Crippen LogP contribution in [0.15, 0.2) is 17.1 Å². The molecule has 6 nitrogen and oxygen atoms in total. The van der Waals surface area contributed by atoms with Crippen LogP contribution in [-0.2, 0) is 0 Å². The molecule has 1 saturated heterocycles. The number of carboxylic acid groups (broad SMARTS) is 1. The molecule has 0 bridgehead atoms. The van der Waals surface area contributed by atoms with E-state index in [1.807, 2.05) is 18.7 Å². The standard InChI is InChI=1S/C20H24FN3O3/c1-11-16-13(12-3-4-12)9-14(19(26)27)18(25)24(16)10-15(21)17(11)23-7-5-20(2,22)6-8-23/h9-10,12H,3-8,22H2,1-2H3,(H,26,27). The summed E-state index contributed by atoms with van der Waals surface area (Å²) >= 11 is 0. The monoisotopic (exact) mass is 373 g/mol. The maximum atomic E-state index is 15.0. The third kappa shape index (κ3) is 3.00. The van der Waals surface area contributed by atoms with Crippen molar-refractivity contribution in [1.82, 2.24) is 4.40 Å². The van der Waals surface area contributed by atoms with Gasteiger partial charge >= 0.3 is 5.97 Å². The molecule has 3 heterocycles. The van der Waals surface area contributed by atoms with E-state index in [2.05, 4.69) is 0 Å². The van der Waals surface area contributed by atoms with Gasteiger partial charge in [0.15, 0.2) is 5.82 Å². The molecule has 0 aromatic carbocycles. The Hall–Kier alpha value is -2.41. The number of hydrogen-bond acceptors (Lipinski definition) is 4. The molecule has 2 aromatic heterocycles. The molecule has 1 aliphatic carbocycles. The summed E-state index contributed by atoms with van der Waals surface area (Å²) in [6.07, 6.45) is 4.58. The van der Waals surface area contributed by atoms with Gasteiger partial charge in [0.05, 0.1) is 17.4 Å². The van der Waals surface area contributed by atoms with Crippen molar-refractivity contribution in [3.63, 3.8) is 0 Å². The number of nitrogens with two attached hydrogens (primary N) is 1. The lowest BCUT2D eigenvalue weighted by Crippen LogP contribution is -2.48. The number of carboxylic acids is 1. The number of anilines is 1. The topological polar surface area (TPSA) is 88.0 Å². The Morgan fingerprint density at radius 2 is 1.96 bits per heavy atom. The minimum absolute atomic E-state index is 0.226. The van der Waals surface area contributed by atoms with Crippen LogP contribution < -0.4 is 16.2 Å². The predicted molar refractivity (Wildman–Crippen MR) is 101 cm³/mol. The minimum Gasteiger partial charge on any atom is -0.477 e. The van der Waals surface area contributed by atoms with E-state index in [0.717, 1.165) is 37.4 Å². The number of aryl methyl sites for hydroxylation is 1. The molecule has 7 heteroatoms. The van der Waals surface area contributed by atoms with Gasteiger partial charge in [-0.15, -0.1) is 0 Å². The second-order valence-electron chi connectivity index (χ2n) is 8.21. The SMILES string of the molecule is Cc1c(N2CCC(C)(N)CC2)c(F)cn2c(=O)c(C(=O)O)cc(C3CC3)c12. The second-order valence-corrected chi connectivity index (χ2v) is 8.21. The van der Waals surface area contributed by atoms with Gasteiger partial charge in [0.25, 0.3) is 5.56 Å². The first kappa shape index (κ1) is 18.0. The van der Waals surface area contributed by atoms with Crippen molar-refractivity contribution < 1.29 is 14.3 Å². The average molecular weight is 373 g/mol. The molecule has 1 saturated carbocycles. The minimum atomic E-state index is -1.28. The van der Waals surface area contributed by atoms with E-state index in [9.17, 15) is 14.7 Å². The lowest BCUT2D eigenvalue weighted by molar-refractivity contribution is 0.0694. The molecule has 27 heavy (non-hydrogen) atoms. The fraction of sp³-hybridized carbons (Fsp3) is 0.500. The highest BCUT2D eigenvalue weighted by atomic mass is 19.1. The molecular formula is C20H24FN3O3. The Labute approximate surface area is 156 Å². The van der Waals surface area contributed by atoms with Crippen molar-refractivity contribution in [3.05, 3.63) is 45.1 Å². The van der Waals surface area contributed by atoms with Crippen LogP contribution in [-0.4, -0.2) is 34.1 Å². The number of piperidine rings is 1. The van der Waals surface area contributed by atoms with Crippen LogP contribution in [0.3, 0.4) is 0 Å². The van der Waals surface area contributed by atoms with Gasteiger partial charge in [0.1, 0.15) is 5.56 Å². The second kappa shape index (κ2) is 6.05. The molecule has 0 spiro atoms. The molecule has 2 aliphatic rings. The molecule has 0 amide bonds. The van der Waals surface area contributed by atoms with Gasteiger partial charge in [-0.3, -0.25) is 9.20 Å². The molecule has 0 unspecified atom stereocenters. The summed E-state index contributed by atoms with van der Waals surface area (Å²) in [7, 11) is 0. The van der Waals surface area contributed by atoms with Crippen LogP contribution in [0.5, 0.6) is 0 Å². The van der Waals surface area contributed by atoms with E-state index in [4.69, 9.17) is 5.73 Å². The fourth-order valence-electron chi connectivity index (χ4n) is 4.13. The van der Waals surface area contributed by atoms with Crippen LogP contribution >= 0.6 is 0 Å². The third-order valence-corrected chi connectivity index (χ3v) is 5.91. The first-order chi connectivity index (χ1) is 12.7. The van der Waals surface area contributed by atoms with E-state index in [0.29, 0.717) is 29.9 Å². The van der Waals surface area contributed by atoms with Crippen molar-refractivity contribution in [1.29, 1.82) is 0 Å². The number of fused-ring (bicyclic) bond motifs is 1. The largest absolute Gasteiger partial charge is 0.477 e. The Balaban J connectivity index is 1.93. The molecular weight excluding hydrogens is 349 g/mol. The molecule has 1 aliphatic heterocycles. The molecule has 2 fully saturated rings. The van der Waals surface area contributed by atoms with Crippen LogP contribution in [0, 0.1) is 12.7 Å². The smallest absolute Gasteiger partial charge is 0.341 e. The van der Waals surface area contributed by atoms with Crippen LogP contribution in [0.1, 0.15) is 60.0 Å². The number of aromatic carboxylic acids is 1. The summed E-state index contributed by atoms with van der Waals surface area (Å²) in [6, 6.07) is 1.49. The van der Waals surface area contributed by atoms with Crippen molar-refractivity contribution >= 4 is 17.2 Å². The zero-order valence-corrected chi connectivity index (χ0v) is 15.6. The zero-order chi connectivity index (χ0) is 19.5. The highest BCUT2D eigenvalue weighted by molar-refractivity contribution is 5.89. The van der Waals surface area contributed by atoms with Gasteiger partial charge in [-0.1, -0.05) is 0 Å². The summed E-state index contributed by atoms with van der Waals surface area (Å²) in [6.45, 7) is 5.12. The molecule has 4 rings (SSSR count). The fourth-order valence-corrected chi connectivity index (χ4v) is 4.13. The summed E-state index contributed by atoms with van der Waals surface area (Å²) < 4.78 is 16.2. The third-order valence-electron chi connectivity index (χ3n) is 5.91. The lowest BCUT2D eigenvalue weighted by atomic mass is 9.90. The van der Waals surface area contributed by atoms with Crippen molar-refractivity contribution in [2.75, 3.05) is 18.0 Å². The van der Waals surface area contributed by atoms with Gasteiger partial charge in [-0.25, -0.2) is 9.18 Å². The summed E-state index contributed by atoms with van der Waals surface area (Å²) in [5.41, 5.74) is 7.61. The predicted octanol–water partition coefficient (Wildman–Crippen LogP) is 2.64. The average Bonchev–Trinajstić information content (AvgIpc) is 3.41. The molecule has 2 aromatic rings. The number of rotatable bonds is 3. The Morgan fingerprint density at radius 1 is 1.33 bits per heavy atom. The quantitative estimate of drug-likeness (QED) is 0.864. The van der Waals surface area contributed by atoms with Gasteiger partial charge in [0.2, 0.25) is 0 Å². The van der Waals surface area contributed by atoms with Crippen molar-refractivity contribution in [2.24, 2.45) is 5.73 Å². The van der Waals surface area contributed by atoms with E-state index in [1.165, 1.54) is 10.5 Å². The maximum absolute atomic E-state index is 15.0. The first-order valence-corrected chi connectivity index (χ1v) is 9.35. The van der Waals surface area contributed by atoms with E-state index in [1.54, 1.807) is 0 Å². The maximum Gasteiger partial charge on any atom is 0.341 e. The highest BCUT2D eigenvalue weighted by Gasteiger charge is 2.32.